The van der Waals surface area contributed by atoms with Crippen LogP contribution < -0.4 is 5.73 Å². The van der Waals surface area contributed by atoms with Crippen molar-refractivity contribution in [1.29, 1.82) is 0 Å². The van der Waals surface area contributed by atoms with E-state index < -0.39 is 0 Å². The van der Waals surface area contributed by atoms with Crippen LogP contribution in [0.25, 0.3) is 0 Å². The summed E-state index contributed by atoms with van der Waals surface area (Å²) in [5, 5.41) is 0. The highest BCUT2D eigenvalue weighted by molar-refractivity contribution is 4.95. The van der Waals surface area contributed by atoms with Crippen molar-refractivity contribution in [2.24, 2.45) is 11.7 Å². The van der Waals surface area contributed by atoms with E-state index >= 15 is 0 Å². The third kappa shape index (κ3) is 3.45. The molecule has 2 heteroatoms. The molecule has 0 bridgehead atoms. The molecule has 0 aromatic heterocycles. The van der Waals surface area contributed by atoms with Crippen LogP contribution in [0, 0.1) is 5.92 Å². The van der Waals surface area contributed by atoms with Crippen LogP contribution in [-0.4, -0.2) is 29.6 Å². The maximum atomic E-state index is 6.17. The van der Waals surface area contributed by atoms with Crippen LogP contribution in [0.4, 0.5) is 0 Å². The van der Waals surface area contributed by atoms with Gasteiger partial charge in [-0.05, 0) is 45.6 Å². The molecule has 0 aromatic rings. The second-order valence-corrected chi connectivity index (χ2v) is 6.01. The largest absolute Gasteiger partial charge is 0.329 e. The highest BCUT2D eigenvalue weighted by Crippen LogP contribution is 2.36. The molecule has 1 fully saturated rings. The molecule has 1 aliphatic carbocycles. The Hall–Kier alpha value is -0.0800. The Kier molecular flexibility index (Phi) is 5.94. The molecule has 0 heterocycles. The van der Waals surface area contributed by atoms with Gasteiger partial charge in [0.2, 0.25) is 0 Å². The molecular weight excluding hydrogens is 208 g/mol. The number of hydrogen-bond acceptors (Lipinski definition) is 2. The molecule has 1 saturated carbocycles. The van der Waals surface area contributed by atoms with Gasteiger partial charge in [0.15, 0.2) is 0 Å². The molecule has 0 amide bonds. The Balaban J connectivity index is 2.79. The Morgan fingerprint density at radius 1 is 1.24 bits per heavy atom. The van der Waals surface area contributed by atoms with E-state index in [0.29, 0.717) is 6.04 Å². The molecule has 2 N–H and O–H groups in total. The Morgan fingerprint density at radius 2 is 1.94 bits per heavy atom. The summed E-state index contributed by atoms with van der Waals surface area (Å²) in [6.07, 6.45) is 8.08. The molecule has 0 radical (unpaired) electrons. The summed E-state index contributed by atoms with van der Waals surface area (Å²) in [6.45, 7) is 11.2. The van der Waals surface area contributed by atoms with Crippen molar-refractivity contribution < 1.29 is 0 Å². The van der Waals surface area contributed by atoms with E-state index in [1.807, 2.05) is 0 Å². The van der Waals surface area contributed by atoms with E-state index in [2.05, 4.69) is 32.6 Å². The summed E-state index contributed by atoms with van der Waals surface area (Å²) in [7, 11) is 0. The van der Waals surface area contributed by atoms with Gasteiger partial charge < -0.3 is 5.73 Å². The smallest absolute Gasteiger partial charge is 0.0334 e. The maximum Gasteiger partial charge on any atom is 0.0334 e. The maximum absolute atomic E-state index is 6.17. The zero-order valence-corrected chi connectivity index (χ0v) is 12.3. The van der Waals surface area contributed by atoms with Gasteiger partial charge >= 0.3 is 0 Å². The van der Waals surface area contributed by atoms with Gasteiger partial charge in [0.05, 0.1) is 0 Å². The third-order valence-electron chi connectivity index (χ3n) is 4.80. The quantitative estimate of drug-likeness (QED) is 0.746. The van der Waals surface area contributed by atoms with Crippen LogP contribution in [0.2, 0.25) is 0 Å². The molecule has 1 aliphatic rings. The van der Waals surface area contributed by atoms with Crippen LogP contribution in [0.5, 0.6) is 0 Å². The SMILES string of the molecule is CCC1CCCC(CN)(N(CC)C(C)C)CC1. The van der Waals surface area contributed by atoms with Crippen LogP contribution in [-0.2, 0) is 0 Å². The number of likely N-dealkylation sites (N-methyl/N-ethyl adjacent to an activating group) is 1. The monoisotopic (exact) mass is 240 g/mol. The summed E-state index contributed by atoms with van der Waals surface area (Å²) in [6, 6.07) is 0.613. The van der Waals surface area contributed by atoms with Crippen molar-refractivity contribution in [3.05, 3.63) is 0 Å². The average molecular weight is 240 g/mol. The van der Waals surface area contributed by atoms with Gasteiger partial charge in [-0.25, -0.2) is 0 Å². The van der Waals surface area contributed by atoms with Gasteiger partial charge in [0, 0.05) is 18.1 Å². The molecule has 0 saturated heterocycles. The fraction of sp³-hybridized carbons (Fsp3) is 1.00. The standard InChI is InChI=1S/C15H32N2/c1-5-14-8-7-10-15(12-16,11-9-14)17(6-2)13(3)4/h13-14H,5-12,16H2,1-4H3. The third-order valence-corrected chi connectivity index (χ3v) is 4.80. The van der Waals surface area contributed by atoms with Crippen molar-refractivity contribution in [3.8, 4) is 0 Å². The van der Waals surface area contributed by atoms with Crippen molar-refractivity contribution in [2.45, 2.75) is 77.8 Å². The van der Waals surface area contributed by atoms with E-state index in [0.717, 1.165) is 19.0 Å². The topological polar surface area (TPSA) is 29.3 Å². The predicted molar refractivity (Wildman–Crippen MR) is 76.2 cm³/mol. The van der Waals surface area contributed by atoms with Crippen LogP contribution >= 0.6 is 0 Å². The summed E-state index contributed by atoms with van der Waals surface area (Å²) in [5.41, 5.74) is 6.45. The summed E-state index contributed by atoms with van der Waals surface area (Å²) >= 11 is 0. The van der Waals surface area contributed by atoms with Crippen molar-refractivity contribution in [3.63, 3.8) is 0 Å². The number of nitrogens with two attached hydrogens (primary N) is 1. The lowest BCUT2D eigenvalue weighted by Crippen LogP contribution is -2.56. The second kappa shape index (κ2) is 6.75. The van der Waals surface area contributed by atoms with Gasteiger partial charge in [-0.2, -0.15) is 0 Å². The van der Waals surface area contributed by atoms with E-state index in [1.165, 1.54) is 38.5 Å². The van der Waals surface area contributed by atoms with E-state index in [1.54, 1.807) is 0 Å². The zero-order chi connectivity index (χ0) is 12.9. The summed E-state index contributed by atoms with van der Waals surface area (Å²) < 4.78 is 0. The minimum absolute atomic E-state index is 0.285. The van der Waals surface area contributed by atoms with Crippen molar-refractivity contribution >= 4 is 0 Å². The van der Waals surface area contributed by atoms with E-state index in [-0.39, 0.29) is 5.54 Å². The van der Waals surface area contributed by atoms with Gasteiger partial charge in [-0.1, -0.05) is 33.1 Å². The minimum Gasteiger partial charge on any atom is -0.329 e. The van der Waals surface area contributed by atoms with Gasteiger partial charge in [0.25, 0.3) is 0 Å². The lowest BCUT2D eigenvalue weighted by molar-refractivity contribution is 0.0525. The number of nitrogens with zero attached hydrogens (tertiary/aromatic N) is 1. The molecule has 0 aromatic carbocycles. The second-order valence-electron chi connectivity index (χ2n) is 6.01. The van der Waals surface area contributed by atoms with Crippen molar-refractivity contribution in [1.82, 2.24) is 4.90 Å². The number of rotatable bonds is 5. The van der Waals surface area contributed by atoms with Gasteiger partial charge in [-0.3, -0.25) is 4.90 Å². The molecule has 2 atom stereocenters. The highest BCUT2D eigenvalue weighted by Gasteiger charge is 2.37. The van der Waals surface area contributed by atoms with Gasteiger partial charge in [0.1, 0.15) is 0 Å². The molecule has 2 unspecified atom stereocenters. The van der Waals surface area contributed by atoms with Gasteiger partial charge in [-0.15, -0.1) is 0 Å². The minimum atomic E-state index is 0.285. The zero-order valence-electron chi connectivity index (χ0n) is 12.3. The summed E-state index contributed by atoms with van der Waals surface area (Å²) in [4.78, 5) is 2.64. The normalized spacial score (nSPS) is 30.9. The predicted octanol–water partition coefficient (Wildman–Crippen LogP) is 3.40. The Bertz CT molecular complexity index is 215. The molecule has 0 aliphatic heterocycles. The molecule has 2 nitrogen and oxygen atoms in total. The Morgan fingerprint density at radius 3 is 2.41 bits per heavy atom. The van der Waals surface area contributed by atoms with Crippen molar-refractivity contribution in [2.75, 3.05) is 13.1 Å². The molecule has 17 heavy (non-hydrogen) atoms. The molecule has 102 valence electrons. The van der Waals surface area contributed by atoms with E-state index in [9.17, 15) is 0 Å². The van der Waals surface area contributed by atoms with Crippen LogP contribution in [0.15, 0.2) is 0 Å². The summed E-state index contributed by atoms with van der Waals surface area (Å²) in [5.74, 6) is 0.939. The van der Waals surface area contributed by atoms with Crippen LogP contribution in [0.1, 0.15) is 66.2 Å². The fourth-order valence-electron chi connectivity index (χ4n) is 3.73. The van der Waals surface area contributed by atoms with Crippen LogP contribution in [0.3, 0.4) is 0 Å². The lowest BCUT2D eigenvalue weighted by Gasteiger charge is -2.45. The first-order chi connectivity index (χ1) is 8.09. The number of hydrogen-bond donors (Lipinski definition) is 1. The highest BCUT2D eigenvalue weighted by atomic mass is 15.2. The first-order valence-corrected chi connectivity index (χ1v) is 7.56. The van der Waals surface area contributed by atoms with E-state index in [4.69, 9.17) is 5.73 Å². The Labute approximate surface area is 108 Å². The fourth-order valence-corrected chi connectivity index (χ4v) is 3.73. The first kappa shape index (κ1) is 15.0. The molecule has 1 rings (SSSR count). The lowest BCUT2D eigenvalue weighted by atomic mass is 9.86. The molecule has 0 spiro atoms. The average Bonchev–Trinajstić information content (AvgIpc) is 2.52. The molecular formula is C15H32N2. The first-order valence-electron chi connectivity index (χ1n) is 7.56.